The molecule has 0 bridgehead atoms. The highest BCUT2D eigenvalue weighted by Crippen LogP contribution is 2.35. The molecular formula is C19H12F6N4O3. The van der Waals surface area contributed by atoms with Crippen molar-refractivity contribution >= 4 is 23.1 Å². The van der Waals surface area contributed by atoms with E-state index in [9.17, 15) is 31.1 Å². The third kappa shape index (κ3) is 4.94. The number of carbonyl (C=O) groups excluding carboxylic acids is 1. The van der Waals surface area contributed by atoms with E-state index in [-0.39, 0.29) is 22.8 Å². The van der Waals surface area contributed by atoms with Crippen LogP contribution in [0, 0.1) is 17.5 Å². The van der Waals surface area contributed by atoms with Crippen LogP contribution in [-0.2, 0) is 0 Å². The number of alkyl halides is 3. The lowest BCUT2D eigenvalue weighted by atomic mass is 10.2. The van der Waals surface area contributed by atoms with E-state index in [0.29, 0.717) is 6.07 Å². The van der Waals surface area contributed by atoms with Crippen molar-refractivity contribution in [3.8, 4) is 17.2 Å². The predicted molar refractivity (Wildman–Crippen MR) is 101 cm³/mol. The standard InChI is InChI=1S/C19H12F6N4O3/c20-13-10(29-18(30)8-2-1-3-9(6-8)32-19(23,24)25)7-12(14(21)15(13)22)31-11-4-5-28-17(27)16(11)26/h1-7H,26H2,(H2,27,28)(H,29,30). The molecule has 0 saturated heterocycles. The van der Waals surface area contributed by atoms with Crippen molar-refractivity contribution in [3.05, 3.63) is 65.6 Å². The summed E-state index contributed by atoms with van der Waals surface area (Å²) < 4.78 is 88.3. The second-order valence-electron chi connectivity index (χ2n) is 6.10. The van der Waals surface area contributed by atoms with E-state index in [1.165, 1.54) is 6.07 Å². The number of aromatic nitrogens is 1. The Kier molecular flexibility index (Phi) is 6.00. The third-order valence-corrected chi connectivity index (χ3v) is 3.89. The van der Waals surface area contributed by atoms with Crippen molar-refractivity contribution in [1.29, 1.82) is 0 Å². The molecule has 32 heavy (non-hydrogen) atoms. The van der Waals surface area contributed by atoms with Crippen LogP contribution in [0.1, 0.15) is 10.4 Å². The zero-order valence-electron chi connectivity index (χ0n) is 15.6. The number of nitrogens with zero attached hydrogens (tertiary/aromatic N) is 1. The Bertz CT molecular complexity index is 1190. The molecule has 0 saturated carbocycles. The van der Waals surface area contributed by atoms with Crippen molar-refractivity contribution in [1.82, 2.24) is 4.98 Å². The predicted octanol–water partition coefficient (Wildman–Crippen LogP) is 4.61. The van der Waals surface area contributed by atoms with Crippen LogP contribution < -0.4 is 26.3 Å². The topological polar surface area (TPSA) is 112 Å². The highest BCUT2D eigenvalue weighted by molar-refractivity contribution is 6.04. The maximum atomic E-state index is 14.2. The Balaban J connectivity index is 1.91. The highest BCUT2D eigenvalue weighted by Gasteiger charge is 2.31. The highest BCUT2D eigenvalue weighted by atomic mass is 19.4. The summed E-state index contributed by atoms with van der Waals surface area (Å²) in [5.41, 5.74) is 9.69. The lowest BCUT2D eigenvalue weighted by Crippen LogP contribution is -2.18. The Morgan fingerprint density at radius 1 is 0.969 bits per heavy atom. The van der Waals surface area contributed by atoms with Gasteiger partial charge in [-0.15, -0.1) is 13.2 Å². The van der Waals surface area contributed by atoms with Gasteiger partial charge in [-0.3, -0.25) is 4.79 Å². The largest absolute Gasteiger partial charge is 0.573 e. The lowest BCUT2D eigenvalue weighted by Gasteiger charge is -2.14. The molecule has 0 spiro atoms. The number of halogens is 6. The molecule has 0 atom stereocenters. The zero-order valence-corrected chi connectivity index (χ0v) is 15.6. The smallest absolute Gasteiger partial charge is 0.452 e. The first-order valence-electron chi connectivity index (χ1n) is 8.48. The maximum Gasteiger partial charge on any atom is 0.573 e. The van der Waals surface area contributed by atoms with Crippen molar-refractivity contribution in [2.45, 2.75) is 6.36 Å². The van der Waals surface area contributed by atoms with E-state index in [2.05, 4.69) is 9.72 Å². The van der Waals surface area contributed by atoms with Gasteiger partial charge < -0.3 is 26.3 Å². The van der Waals surface area contributed by atoms with Gasteiger partial charge in [-0.1, -0.05) is 6.07 Å². The number of ether oxygens (including phenoxy) is 2. The monoisotopic (exact) mass is 458 g/mol. The van der Waals surface area contributed by atoms with Crippen LogP contribution in [0.4, 0.5) is 43.5 Å². The first kappa shape index (κ1) is 22.5. The van der Waals surface area contributed by atoms with E-state index >= 15 is 0 Å². The van der Waals surface area contributed by atoms with E-state index in [4.69, 9.17) is 16.2 Å². The Morgan fingerprint density at radius 3 is 2.38 bits per heavy atom. The molecule has 1 aromatic heterocycles. The van der Waals surface area contributed by atoms with Crippen LogP contribution in [-0.4, -0.2) is 17.3 Å². The number of hydrogen-bond donors (Lipinski definition) is 3. The molecule has 3 aromatic rings. The first-order valence-corrected chi connectivity index (χ1v) is 8.48. The van der Waals surface area contributed by atoms with Crippen LogP contribution >= 0.6 is 0 Å². The fourth-order valence-corrected chi connectivity index (χ4v) is 2.45. The summed E-state index contributed by atoms with van der Waals surface area (Å²) in [5.74, 6) is -8.58. The number of nitrogen functional groups attached to an aromatic ring is 2. The average Bonchev–Trinajstić information content (AvgIpc) is 2.72. The molecule has 7 nitrogen and oxygen atoms in total. The molecule has 0 aliphatic carbocycles. The number of nitrogens with one attached hydrogen (secondary N) is 1. The Labute approximate surface area is 175 Å². The maximum absolute atomic E-state index is 14.2. The van der Waals surface area contributed by atoms with Crippen LogP contribution in [0.15, 0.2) is 42.6 Å². The summed E-state index contributed by atoms with van der Waals surface area (Å²) in [6.45, 7) is 0. The molecule has 3 rings (SSSR count). The van der Waals surface area contributed by atoms with Gasteiger partial charge in [0.25, 0.3) is 5.91 Å². The van der Waals surface area contributed by atoms with Crippen molar-refractivity contribution in [2.75, 3.05) is 16.8 Å². The molecule has 1 heterocycles. The number of amides is 1. The summed E-state index contributed by atoms with van der Waals surface area (Å²) in [4.78, 5) is 16.0. The van der Waals surface area contributed by atoms with Crippen molar-refractivity contribution < 1.29 is 40.6 Å². The summed E-state index contributed by atoms with van der Waals surface area (Å²) >= 11 is 0. The zero-order chi connectivity index (χ0) is 23.6. The lowest BCUT2D eigenvalue weighted by molar-refractivity contribution is -0.274. The minimum Gasteiger partial charge on any atom is -0.452 e. The second-order valence-corrected chi connectivity index (χ2v) is 6.10. The van der Waals surface area contributed by atoms with E-state index < -0.39 is 46.9 Å². The second kappa shape index (κ2) is 8.53. The van der Waals surface area contributed by atoms with Gasteiger partial charge in [-0.25, -0.2) is 13.8 Å². The molecule has 168 valence electrons. The normalized spacial score (nSPS) is 11.2. The average molecular weight is 458 g/mol. The van der Waals surface area contributed by atoms with Gasteiger partial charge in [0, 0.05) is 23.9 Å². The van der Waals surface area contributed by atoms with Gasteiger partial charge >= 0.3 is 6.36 Å². The number of benzene rings is 2. The summed E-state index contributed by atoms with van der Waals surface area (Å²) in [6, 6.07) is 5.61. The molecule has 0 aliphatic heterocycles. The van der Waals surface area contributed by atoms with Gasteiger partial charge in [0.1, 0.15) is 17.3 Å². The summed E-state index contributed by atoms with van der Waals surface area (Å²) in [5, 5.41) is 1.93. The number of carbonyl (C=O) groups is 1. The van der Waals surface area contributed by atoms with Crippen LogP contribution in [0.2, 0.25) is 0 Å². The molecular weight excluding hydrogens is 446 g/mol. The van der Waals surface area contributed by atoms with E-state index in [1.807, 2.05) is 5.32 Å². The number of rotatable bonds is 5. The van der Waals surface area contributed by atoms with Crippen LogP contribution in [0.5, 0.6) is 17.2 Å². The van der Waals surface area contributed by atoms with Gasteiger partial charge in [0.05, 0.1) is 5.69 Å². The third-order valence-electron chi connectivity index (χ3n) is 3.89. The van der Waals surface area contributed by atoms with Crippen molar-refractivity contribution in [3.63, 3.8) is 0 Å². The molecule has 13 heteroatoms. The van der Waals surface area contributed by atoms with Gasteiger partial charge in [0.15, 0.2) is 23.1 Å². The molecule has 1 amide bonds. The quantitative estimate of drug-likeness (QED) is 0.380. The molecule has 0 unspecified atom stereocenters. The van der Waals surface area contributed by atoms with E-state index in [1.54, 1.807) is 0 Å². The fourth-order valence-electron chi connectivity index (χ4n) is 2.45. The number of anilines is 3. The van der Waals surface area contributed by atoms with E-state index in [0.717, 1.165) is 30.5 Å². The number of pyridine rings is 1. The molecule has 5 N–H and O–H groups in total. The van der Waals surface area contributed by atoms with Gasteiger partial charge in [0.2, 0.25) is 5.82 Å². The van der Waals surface area contributed by atoms with Gasteiger partial charge in [-0.05, 0) is 18.2 Å². The SMILES string of the molecule is Nc1nccc(Oc2cc(NC(=O)c3cccc(OC(F)(F)F)c3)c(F)c(F)c2F)c1N. The molecule has 0 fully saturated rings. The van der Waals surface area contributed by atoms with Crippen LogP contribution in [0.3, 0.4) is 0 Å². The molecule has 0 radical (unpaired) electrons. The minimum absolute atomic E-state index is 0.167. The summed E-state index contributed by atoms with van der Waals surface area (Å²) in [6.07, 6.45) is -3.84. The minimum atomic E-state index is -5.01. The number of hydrogen-bond acceptors (Lipinski definition) is 6. The van der Waals surface area contributed by atoms with Crippen LogP contribution in [0.25, 0.3) is 0 Å². The summed E-state index contributed by atoms with van der Waals surface area (Å²) in [7, 11) is 0. The van der Waals surface area contributed by atoms with Crippen molar-refractivity contribution in [2.24, 2.45) is 0 Å². The van der Waals surface area contributed by atoms with Gasteiger partial charge in [-0.2, -0.15) is 4.39 Å². The Hall–Kier alpha value is -4.16. The molecule has 0 aliphatic rings. The fraction of sp³-hybridized carbons (Fsp3) is 0.0526. The molecule has 2 aromatic carbocycles. The first-order chi connectivity index (χ1) is 15.0. The Morgan fingerprint density at radius 2 is 1.69 bits per heavy atom. The number of nitrogens with two attached hydrogens (primary N) is 2.